The van der Waals surface area contributed by atoms with Gasteiger partial charge in [0, 0.05) is 11.6 Å². The number of carbonyl (C=O) groups is 1. The molecule has 0 amide bonds. The van der Waals surface area contributed by atoms with Gasteiger partial charge in [0.05, 0.1) is 0 Å². The van der Waals surface area contributed by atoms with E-state index in [4.69, 9.17) is 11.6 Å². The highest BCUT2D eigenvalue weighted by molar-refractivity contribution is 7.10. The zero-order valence-corrected chi connectivity index (χ0v) is 9.70. The summed E-state index contributed by atoms with van der Waals surface area (Å²) < 4.78 is 0. The monoisotopic (exact) mass is 253 g/mol. The van der Waals surface area contributed by atoms with Gasteiger partial charge in [-0.15, -0.1) is 11.3 Å². The second-order valence-electron chi connectivity index (χ2n) is 3.17. The lowest BCUT2D eigenvalue weighted by Gasteiger charge is -2.19. The summed E-state index contributed by atoms with van der Waals surface area (Å²) in [4.78, 5) is 13.8. The number of thiazole rings is 1. The summed E-state index contributed by atoms with van der Waals surface area (Å²) in [6.45, 7) is 0. The van der Waals surface area contributed by atoms with E-state index in [-0.39, 0.29) is 0 Å². The highest BCUT2D eigenvalue weighted by Crippen LogP contribution is 2.37. The van der Waals surface area contributed by atoms with Crippen LogP contribution in [0.25, 0.3) is 0 Å². The van der Waals surface area contributed by atoms with Crippen LogP contribution in [0.5, 0.6) is 0 Å². The molecule has 0 saturated carbocycles. The van der Waals surface area contributed by atoms with Gasteiger partial charge >= 0.3 is 5.97 Å². The molecule has 0 spiro atoms. The number of alkyl halides is 1. The molecule has 82 valence electrons. The van der Waals surface area contributed by atoms with Crippen molar-refractivity contribution >= 4 is 28.9 Å². The Morgan fingerprint density at radius 1 is 1.38 bits per heavy atom. The van der Waals surface area contributed by atoms with E-state index in [9.17, 15) is 9.90 Å². The molecular weight excluding hydrogens is 246 g/mol. The number of hydrogen-bond acceptors (Lipinski definition) is 3. The molecule has 0 fully saturated rings. The quantitative estimate of drug-likeness (QED) is 0.856. The zero-order chi connectivity index (χ0) is 11.6. The summed E-state index contributed by atoms with van der Waals surface area (Å²) in [6.07, 6.45) is 1.54. The molecule has 3 nitrogen and oxygen atoms in total. The number of aliphatic carboxylic acids is 1. The number of rotatable bonds is 3. The Hall–Kier alpha value is -1.39. The van der Waals surface area contributed by atoms with Gasteiger partial charge < -0.3 is 5.11 Å². The summed E-state index contributed by atoms with van der Waals surface area (Å²) in [5, 5.41) is 11.4. The number of aromatic nitrogens is 1. The summed E-state index contributed by atoms with van der Waals surface area (Å²) in [6, 6.07) is 8.68. The van der Waals surface area contributed by atoms with Gasteiger partial charge in [0.15, 0.2) is 0 Å². The number of carboxylic acid groups (broad SMARTS) is 1. The first-order valence-corrected chi connectivity index (χ1v) is 5.79. The zero-order valence-electron chi connectivity index (χ0n) is 8.13. The fraction of sp³-hybridized carbons (Fsp3) is 0.0909. The van der Waals surface area contributed by atoms with E-state index in [0.29, 0.717) is 10.6 Å². The maximum atomic E-state index is 11.4. The number of hydrogen-bond donors (Lipinski definition) is 1. The summed E-state index contributed by atoms with van der Waals surface area (Å²) in [7, 11) is 0. The van der Waals surface area contributed by atoms with Crippen LogP contribution in [0, 0.1) is 0 Å². The van der Waals surface area contributed by atoms with Crippen molar-refractivity contribution in [1.82, 2.24) is 4.98 Å². The molecule has 0 aliphatic rings. The van der Waals surface area contributed by atoms with Crippen LogP contribution in [-0.2, 0) is 9.67 Å². The molecule has 1 N–H and O–H groups in total. The standard InChI is InChI=1S/C11H8ClNO2S/c12-11(10(14)15,9-13-6-7-16-9)8-4-2-1-3-5-8/h1-7H,(H,14,15). The van der Waals surface area contributed by atoms with Crippen LogP contribution in [0.1, 0.15) is 10.6 Å². The smallest absolute Gasteiger partial charge is 0.336 e. The van der Waals surface area contributed by atoms with Gasteiger partial charge in [-0.2, -0.15) is 0 Å². The lowest BCUT2D eigenvalue weighted by Crippen LogP contribution is -2.30. The van der Waals surface area contributed by atoms with E-state index >= 15 is 0 Å². The molecule has 5 heteroatoms. The Bertz CT molecular complexity index is 486. The highest BCUT2D eigenvalue weighted by Gasteiger charge is 2.42. The van der Waals surface area contributed by atoms with Crippen LogP contribution in [0.15, 0.2) is 41.9 Å². The van der Waals surface area contributed by atoms with Crippen molar-refractivity contribution in [3.8, 4) is 0 Å². The largest absolute Gasteiger partial charge is 0.479 e. The molecular formula is C11H8ClNO2S. The highest BCUT2D eigenvalue weighted by atomic mass is 35.5. The van der Waals surface area contributed by atoms with Crippen molar-refractivity contribution in [1.29, 1.82) is 0 Å². The molecule has 1 heterocycles. The average molecular weight is 254 g/mol. The minimum Gasteiger partial charge on any atom is -0.479 e. The average Bonchev–Trinajstić information content (AvgIpc) is 2.82. The SMILES string of the molecule is O=C(O)C(Cl)(c1ccccc1)c1nccs1. The predicted octanol–water partition coefficient (Wildman–Crippen LogP) is 2.71. The van der Waals surface area contributed by atoms with Gasteiger partial charge in [0.2, 0.25) is 4.87 Å². The van der Waals surface area contributed by atoms with Crippen LogP contribution in [0.3, 0.4) is 0 Å². The lowest BCUT2D eigenvalue weighted by molar-refractivity contribution is -0.139. The normalized spacial score (nSPS) is 14.3. The molecule has 1 aromatic heterocycles. The molecule has 16 heavy (non-hydrogen) atoms. The first-order chi connectivity index (χ1) is 7.65. The van der Waals surface area contributed by atoms with Crippen LogP contribution in [0.2, 0.25) is 0 Å². The van der Waals surface area contributed by atoms with Gasteiger partial charge in [0.25, 0.3) is 0 Å². The molecule has 2 rings (SSSR count). The van der Waals surface area contributed by atoms with Gasteiger partial charge in [0.1, 0.15) is 5.01 Å². The minimum atomic E-state index is -1.59. The van der Waals surface area contributed by atoms with Crippen LogP contribution in [-0.4, -0.2) is 16.1 Å². The Balaban J connectivity index is 2.58. The van der Waals surface area contributed by atoms with Crippen LogP contribution in [0.4, 0.5) is 0 Å². The van der Waals surface area contributed by atoms with Crippen molar-refractivity contribution < 1.29 is 9.90 Å². The molecule has 2 aromatic rings. The molecule has 0 radical (unpaired) electrons. The molecule has 0 bridgehead atoms. The summed E-state index contributed by atoms with van der Waals surface area (Å²) in [5.74, 6) is -1.12. The second-order valence-corrected chi connectivity index (χ2v) is 4.63. The van der Waals surface area contributed by atoms with Crippen LogP contribution >= 0.6 is 22.9 Å². The Kier molecular flexibility index (Phi) is 2.94. The molecule has 1 atom stereocenters. The number of carboxylic acids is 1. The fourth-order valence-electron chi connectivity index (χ4n) is 1.40. The number of nitrogens with zero attached hydrogens (tertiary/aromatic N) is 1. The molecule has 0 aliphatic heterocycles. The Morgan fingerprint density at radius 2 is 2.06 bits per heavy atom. The number of halogens is 1. The van der Waals surface area contributed by atoms with E-state index in [1.807, 2.05) is 6.07 Å². The van der Waals surface area contributed by atoms with Crippen molar-refractivity contribution in [3.63, 3.8) is 0 Å². The molecule has 1 aromatic carbocycles. The second kappa shape index (κ2) is 4.23. The molecule has 0 saturated heterocycles. The van der Waals surface area contributed by atoms with E-state index in [1.54, 1.807) is 35.8 Å². The molecule has 0 aliphatic carbocycles. The topological polar surface area (TPSA) is 50.2 Å². The first kappa shape index (κ1) is 11.1. The third-order valence-electron chi connectivity index (χ3n) is 2.19. The van der Waals surface area contributed by atoms with E-state index in [0.717, 1.165) is 0 Å². The Labute approximate surface area is 101 Å². The van der Waals surface area contributed by atoms with Gasteiger partial charge in [-0.25, -0.2) is 9.78 Å². The third kappa shape index (κ3) is 1.70. The van der Waals surface area contributed by atoms with Gasteiger partial charge in [-0.3, -0.25) is 0 Å². The van der Waals surface area contributed by atoms with Gasteiger partial charge in [-0.05, 0) is 5.56 Å². The van der Waals surface area contributed by atoms with Crippen LogP contribution < -0.4 is 0 Å². The van der Waals surface area contributed by atoms with E-state index < -0.39 is 10.8 Å². The summed E-state index contributed by atoms with van der Waals surface area (Å²) >= 11 is 7.44. The third-order valence-corrected chi connectivity index (χ3v) is 3.76. The Morgan fingerprint density at radius 3 is 2.56 bits per heavy atom. The maximum Gasteiger partial charge on any atom is 0.336 e. The fourth-order valence-corrected chi connectivity index (χ4v) is 2.45. The lowest BCUT2D eigenvalue weighted by atomic mass is 9.99. The maximum absolute atomic E-state index is 11.4. The first-order valence-electron chi connectivity index (χ1n) is 4.53. The predicted molar refractivity (Wildman–Crippen MR) is 62.8 cm³/mol. The van der Waals surface area contributed by atoms with Crippen molar-refractivity contribution in [2.24, 2.45) is 0 Å². The van der Waals surface area contributed by atoms with Crippen molar-refractivity contribution in [2.45, 2.75) is 4.87 Å². The van der Waals surface area contributed by atoms with Crippen molar-refractivity contribution in [3.05, 3.63) is 52.5 Å². The minimum absolute atomic E-state index is 0.368. The van der Waals surface area contributed by atoms with E-state index in [2.05, 4.69) is 4.98 Å². The van der Waals surface area contributed by atoms with Crippen molar-refractivity contribution in [2.75, 3.05) is 0 Å². The van der Waals surface area contributed by atoms with E-state index in [1.165, 1.54) is 11.3 Å². The summed E-state index contributed by atoms with van der Waals surface area (Å²) in [5.41, 5.74) is 0.513. The molecule has 1 unspecified atom stereocenters. The van der Waals surface area contributed by atoms with Gasteiger partial charge in [-0.1, -0.05) is 41.9 Å². The number of benzene rings is 1.